The van der Waals surface area contributed by atoms with E-state index in [1.54, 1.807) is 13.8 Å². The van der Waals surface area contributed by atoms with Gasteiger partial charge in [0.2, 0.25) is 0 Å². The van der Waals surface area contributed by atoms with Crippen molar-refractivity contribution in [2.75, 3.05) is 6.61 Å². The number of ether oxygens (including phenoxy) is 1. The normalized spacial score (nSPS) is 27.9. The van der Waals surface area contributed by atoms with Gasteiger partial charge in [-0.05, 0) is 33.1 Å². The standard InChI is InChI=1S/C10H19NO3/c1-10(2,9(12)13)6-14-8-4-3-7(11)5-8/h7-8H,3-6,11H2,1-2H3,(H,12,13). The molecule has 4 nitrogen and oxygen atoms in total. The topological polar surface area (TPSA) is 72.5 Å². The summed E-state index contributed by atoms with van der Waals surface area (Å²) < 4.78 is 5.54. The third-order valence-corrected chi connectivity index (χ3v) is 2.68. The number of carbonyl (C=O) groups is 1. The Morgan fingerprint density at radius 1 is 1.57 bits per heavy atom. The molecule has 0 radical (unpaired) electrons. The van der Waals surface area contributed by atoms with Gasteiger partial charge in [0.05, 0.1) is 18.1 Å². The summed E-state index contributed by atoms with van der Waals surface area (Å²) in [5.41, 5.74) is 4.93. The molecule has 0 aromatic heterocycles. The fraction of sp³-hybridized carbons (Fsp3) is 0.900. The first-order valence-corrected chi connectivity index (χ1v) is 5.02. The van der Waals surface area contributed by atoms with Crippen LogP contribution >= 0.6 is 0 Å². The molecule has 2 atom stereocenters. The van der Waals surface area contributed by atoms with E-state index in [4.69, 9.17) is 15.6 Å². The minimum Gasteiger partial charge on any atom is -0.481 e. The van der Waals surface area contributed by atoms with E-state index in [9.17, 15) is 4.79 Å². The number of nitrogens with two attached hydrogens (primary N) is 1. The molecule has 1 fully saturated rings. The summed E-state index contributed by atoms with van der Waals surface area (Å²) in [5, 5.41) is 8.86. The highest BCUT2D eigenvalue weighted by Crippen LogP contribution is 2.24. The lowest BCUT2D eigenvalue weighted by atomic mass is 9.95. The van der Waals surface area contributed by atoms with Crippen molar-refractivity contribution in [3.05, 3.63) is 0 Å². The van der Waals surface area contributed by atoms with Crippen LogP contribution in [0.4, 0.5) is 0 Å². The van der Waals surface area contributed by atoms with Gasteiger partial charge in [0.15, 0.2) is 0 Å². The number of carboxylic acid groups (broad SMARTS) is 1. The van der Waals surface area contributed by atoms with Gasteiger partial charge in [-0.25, -0.2) is 0 Å². The molecule has 14 heavy (non-hydrogen) atoms. The van der Waals surface area contributed by atoms with Gasteiger partial charge in [0, 0.05) is 6.04 Å². The average molecular weight is 201 g/mol. The second-order valence-corrected chi connectivity index (χ2v) is 4.70. The Hall–Kier alpha value is -0.610. The molecule has 1 rings (SSSR count). The number of rotatable bonds is 4. The highest BCUT2D eigenvalue weighted by Gasteiger charge is 2.30. The third kappa shape index (κ3) is 2.96. The molecule has 4 heteroatoms. The Morgan fingerprint density at radius 2 is 2.21 bits per heavy atom. The molecular weight excluding hydrogens is 182 g/mol. The van der Waals surface area contributed by atoms with Gasteiger partial charge in [-0.1, -0.05) is 0 Å². The summed E-state index contributed by atoms with van der Waals surface area (Å²) >= 11 is 0. The zero-order valence-electron chi connectivity index (χ0n) is 8.82. The maximum absolute atomic E-state index is 10.8. The van der Waals surface area contributed by atoms with Gasteiger partial charge in [-0.15, -0.1) is 0 Å². The third-order valence-electron chi connectivity index (χ3n) is 2.68. The lowest BCUT2D eigenvalue weighted by Gasteiger charge is -2.21. The number of hydrogen-bond acceptors (Lipinski definition) is 3. The minimum absolute atomic E-state index is 0.156. The van der Waals surface area contributed by atoms with Gasteiger partial charge in [0.1, 0.15) is 0 Å². The molecule has 0 amide bonds. The van der Waals surface area contributed by atoms with E-state index >= 15 is 0 Å². The molecule has 0 saturated heterocycles. The van der Waals surface area contributed by atoms with Crippen LogP contribution in [-0.2, 0) is 9.53 Å². The first-order valence-electron chi connectivity index (χ1n) is 5.02. The molecule has 0 spiro atoms. The Morgan fingerprint density at radius 3 is 2.64 bits per heavy atom. The quantitative estimate of drug-likeness (QED) is 0.711. The molecule has 3 N–H and O–H groups in total. The van der Waals surface area contributed by atoms with Crippen molar-refractivity contribution in [3.63, 3.8) is 0 Å². The van der Waals surface area contributed by atoms with Crippen LogP contribution in [0, 0.1) is 5.41 Å². The second-order valence-electron chi connectivity index (χ2n) is 4.70. The zero-order valence-corrected chi connectivity index (χ0v) is 8.82. The molecule has 1 saturated carbocycles. The van der Waals surface area contributed by atoms with Crippen molar-refractivity contribution >= 4 is 5.97 Å². The summed E-state index contributed by atoms with van der Waals surface area (Å²) in [4.78, 5) is 10.8. The van der Waals surface area contributed by atoms with Crippen LogP contribution in [0.5, 0.6) is 0 Å². The number of aliphatic carboxylic acids is 1. The van der Waals surface area contributed by atoms with Crippen LogP contribution in [-0.4, -0.2) is 29.8 Å². The monoisotopic (exact) mass is 201 g/mol. The van der Waals surface area contributed by atoms with E-state index < -0.39 is 11.4 Å². The first kappa shape index (κ1) is 11.5. The second kappa shape index (κ2) is 4.28. The van der Waals surface area contributed by atoms with Gasteiger partial charge in [0.25, 0.3) is 0 Å². The Balaban J connectivity index is 2.30. The van der Waals surface area contributed by atoms with E-state index in [1.165, 1.54) is 0 Å². The van der Waals surface area contributed by atoms with Crippen LogP contribution in [0.1, 0.15) is 33.1 Å². The molecular formula is C10H19NO3. The van der Waals surface area contributed by atoms with Crippen LogP contribution in [0.15, 0.2) is 0 Å². The Labute approximate surface area is 84.4 Å². The average Bonchev–Trinajstić information content (AvgIpc) is 2.48. The van der Waals surface area contributed by atoms with Crippen LogP contribution in [0.2, 0.25) is 0 Å². The number of hydrogen-bond donors (Lipinski definition) is 2. The maximum Gasteiger partial charge on any atom is 0.311 e. The molecule has 0 aromatic carbocycles. The summed E-state index contributed by atoms with van der Waals surface area (Å²) in [6, 6.07) is 0.230. The number of carboxylic acids is 1. The Kier molecular flexibility index (Phi) is 3.50. The van der Waals surface area contributed by atoms with Crippen molar-refractivity contribution in [2.24, 2.45) is 11.1 Å². The van der Waals surface area contributed by atoms with E-state index in [0.717, 1.165) is 19.3 Å². The summed E-state index contributed by atoms with van der Waals surface area (Å²) in [5.74, 6) is -0.820. The summed E-state index contributed by atoms with van der Waals surface area (Å²) in [7, 11) is 0. The fourth-order valence-corrected chi connectivity index (χ4v) is 1.51. The van der Waals surface area contributed by atoms with Gasteiger partial charge in [-0.3, -0.25) is 4.79 Å². The molecule has 1 aliphatic carbocycles. The van der Waals surface area contributed by atoms with Crippen molar-refractivity contribution in [2.45, 2.75) is 45.3 Å². The highest BCUT2D eigenvalue weighted by molar-refractivity contribution is 5.73. The molecule has 2 unspecified atom stereocenters. The summed E-state index contributed by atoms with van der Waals surface area (Å²) in [6.45, 7) is 3.61. The van der Waals surface area contributed by atoms with Crippen molar-refractivity contribution in [3.8, 4) is 0 Å². The van der Waals surface area contributed by atoms with Gasteiger partial charge >= 0.3 is 5.97 Å². The zero-order chi connectivity index (χ0) is 10.8. The molecule has 0 bridgehead atoms. The predicted molar refractivity (Wildman–Crippen MR) is 53.0 cm³/mol. The fourth-order valence-electron chi connectivity index (χ4n) is 1.51. The molecule has 1 aliphatic rings. The Bertz CT molecular complexity index is 215. The van der Waals surface area contributed by atoms with Crippen molar-refractivity contribution in [1.29, 1.82) is 0 Å². The van der Waals surface area contributed by atoms with E-state index in [0.29, 0.717) is 0 Å². The van der Waals surface area contributed by atoms with Crippen molar-refractivity contribution < 1.29 is 14.6 Å². The van der Waals surface area contributed by atoms with E-state index in [-0.39, 0.29) is 18.8 Å². The first-order chi connectivity index (χ1) is 6.42. The van der Waals surface area contributed by atoms with E-state index in [1.807, 2.05) is 0 Å². The van der Waals surface area contributed by atoms with Gasteiger partial charge < -0.3 is 15.6 Å². The van der Waals surface area contributed by atoms with Crippen LogP contribution in [0.25, 0.3) is 0 Å². The smallest absolute Gasteiger partial charge is 0.311 e. The summed E-state index contributed by atoms with van der Waals surface area (Å²) in [6.07, 6.45) is 2.95. The van der Waals surface area contributed by atoms with Crippen LogP contribution in [0.3, 0.4) is 0 Å². The largest absolute Gasteiger partial charge is 0.481 e. The lowest BCUT2D eigenvalue weighted by Crippen LogP contribution is -2.31. The maximum atomic E-state index is 10.8. The van der Waals surface area contributed by atoms with Crippen molar-refractivity contribution in [1.82, 2.24) is 0 Å². The molecule has 82 valence electrons. The molecule has 0 aliphatic heterocycles. The van der Waals surface area contributed by atoms with Crippen LogP contribution < -0.4 is 5.73 Å². The molecule has 0 heterocycles. The minimum atomic E-state index is -0.820. The van der Waals surface area contributed by atoms with Gasteiger partial charge in [-0.2, -0.15) is 0 Å². The SMILES string of the molecule is CC(C)(COC1CCC(N)C1)C(=O)O. The predicted octanol–water partition coefficient (Wildman–Crippen LogP) is 0.994. The van der Waals surface area contributed by atoms with E-state index in [2.05, 4.69) is 0 Å². The highest BCUT2D eigenvalue weighted by atomic mass is 16.5. The lowest BCUT2D eigenvalue weighted by molar-refractivity contribution is -0.151. The molecule has 0 aromatic rings.